The highest BCUT2D eigenvalue weighted by atomic mass is 16.5. The predicted molar refractivity (Wildman–Crippen MR) is 62.9 cm³/mol. The van der Waals surface area contributed by atoms with E-state index >= 15 is 0 Å². The highest BCUT2D eigenvalue weighted by Crippen LogP contribution is 2.37. The van der Waals surface area contributed by atoms with E-state index in [0.717, 1.165) is 12.8 Å². The highest BCUT2D eigenvalue weighted by molar-refractivity contribution is 5.66. The molecule has 1 aromatic heterocycles. The van der Waals surface area contributed by atoms with Gasteiger partial charge in [0.25, 0.3) is 0 Å². The molecule has 0 saturated carbocycles. The van der Waals surface area contributed by atoms with Crippen molar-refractivity contribution in [2.45, 2.75) is 37.5 Å². The molecular weight excluding hydrogens is 220 g/mol. The maximum Gasteiger partial charge on any atom is 0.242 e. The summed E-state index contributed by atoms with van der Waals surface area (Å²) in [6.45, 7) is 0. The van der Waals surface area contributed by atoms with Crippen LogP contribution in [0.2, 0.25) is 0 Å². The lowest BCUT2D eigenvalue weighted by Crippen LogP contribution is -2.31. The Morgan fingerprint density at radius 3 is 3.00 bits per heavy atom. The van der Waals surface area contributed by atoms with E-state index in [1.807, 2.05) is 0 Å². The zero-order valence-corrected chi connectivity index (χ0v) is 9.72. The molecule has 0 aliphatic carbocycles. The second-order valence-corrected chi connectivity index (χ2v) is 4.51. The van der Waals surface area contributed by atoms with E-state index in [4.69, 9.17) is 15.2 Å². The fraction of sp³-hybridized carbons (Fsp3) is 0.636. The normalized spacial score (nSPS) is 30.5. The summed E-state index contributed by atoms with van der Waals surface area (Å²) in [7, 11) is 1.54. The summed E-state index contributed by atoms with van der Waals surface area (Å²) >= 11 is 0. The molecule has 3 N–H and O–H groups in total. The van der Waals surface area contributed by atoms with Gasteiger partial charge in [0.1, 0.15) is 12.0 Å². The number of fused-ring (bicyclic) bond motifs is 2. The molecule has 3 unspecified atom stereocenters. The van der Waals surface area contributed by atoms with Crippen LogP contribution in [0, 0.1) is 0 Å². The summed E-state index contributed by atoms with van der Waals surface area (Å²) in [4.78, 5) is 8.10. The first-order valence-electron chi connectivity index (χ1n) is 5.84. The highest BCUT2D eigenvalue weighted by Gasteiger charge is 2.41. The number of rotatable bonds is 3. The fourth-order valence-corrected chi connectivity index (χ4v) is 2.62. The number of methoxy groups -OCH3 is 1. The number of hydrogen-bond acceptors (Lipinski definition) is 6. The van der Waals surface area contributed by atoms with Crippen LogP contribution in [0.5, 0.6) is 5.88 Å². The quantitative estimate of drug-likeness (QED) is 0.807. The predicted octanol–water partition coefficient (Wildman–Crippen LogP) is 0.799. The average Bonchev–Trinajstić information content (AvgIpc) is 2.94. The van der Waals surface area contributed by atoms with Gasteiger partial charge < -0.3 is 20.5 Å². The lowest BCUT2D eigenvalue weighted by atomic mass is 9.95. The lowest BCUT2D eigenvalue weighted by molar-refractivity contribution is 0.102. The van der Waals surface area contributed by atoms with Gasteiger partial charge in [0.15, 0.2) is 5.82 Å². The minimum atomic E-state index is 0.292. The van der Waals surface area contributed by atoms with E-state index < -0.39 is 0 Å². The first-order valence-corrected chi connectivity index (χ1v) is 5.84. The number of nitrogens with one attached hydrogen (secondary N) is 1. The molecule has 2 fully saturated rings. The number of ether oxygens (including phenoxy) is 2. The van der Waals surface area contributed by atoms with E-state index in [2.05, 4.69) is 15.3 Å². The summed E-state index contributed by atoms with van der Waals surface area (Å²) in [6.07, 6.45) is 5.46. The average molecular weight is 236 g/mol. The standard InChI is InChI=1S/C11H16N4O2/c1-16-11-9(12)10(13-5-14-11)15-7-4-6-2-3-8(7)17-6/h5-8H,2-4,12H2,1H3,(H,13,14,15). The molecule has 92 valence electrons. The Morgan fingerprint density at radius 2 is 2.35 bits per heavy atom. The van der Waals surface area contributed by atoms with E-state index in [1.54, 1.807) is 7.11 Å². The van der Waals surface area contributed by atoms with Gasteiger partial charge >= 0.3 is 0 Å². The molecule has 6 heteroatoms. The largest absolute Gasteiger partial charge is 0.479 e. The molecule has 3 atom stereocenters. The number of anilines is 2. The Bertz CT molecular complexity index is 426. The summed E-state index contributed by atoms with van der Waals surface area (Å²) < 4.78 is 10.8. The molecule has 3 heterocycles. The van der Waals surface area contributed by atoms with Crippen LogP contribution in [0.15, 0.2) is 6.33 Å². The van der Waals surface area contributed by atoms with E-state index in [1.165, 1.54) is 12.7 Å². The van der Waals surface area contributed by atoms with Crippen LogP contribution in [0.25, 0.3) is 0 Å². The SMILES string of the molecule is COc1ncnc(NC2CC3CCC2O3)c1N. The Balaban J connectivity index is 1.77. The van der Waals surface area contributed by atoms with Gasteiger partial charge in [0.05, 0.1) is 25.4 Å². The molecule has 17 heavy (non-hydrogen) atoms. The van der Waals surface area contributed by atoms with Crippen molar-refractivity contribution in [3.05, 3.63) is 6.33 Å². The van der Waals surface area contributed by atoms with Crippen molar-refractivity contribution < 1.29 is 9.47 Å². The van der Waals surface area contributed by atoms with Gasteiger partial charge in [-0.2, -0.15) is 4.98 Å². The Kier molecular flexibility index (Phi) is 2.51. The summed E-state index contributed by atoms with van der Waals surface area (Å²) in [5.74, 6) is 1.05. The fourth-order valence-electron chi connectivity index (χ4n) is 2.62. The minimum absolute atomic E-state index is 0.292. The van der Waals surface area contributed by atoms with Crippen LogP contribution >= 0.6 is 0 Å². The zero-order valence-electron chi connectivity index (χ0n) is 9.72. The molecule has 2 bridgehead atoms. The van der Waals surface area contributed by atoms with Crippen LogP contribution in [0.1, 0.15) is 19.3 Å². The molecular formula is C11H16N4O2. The van der Waals surface area contributed by atoms with Gasteiger partial charge in [0.2, 0.25) is 5.88 Å². The third-order valence-corrected chi connectivity index (χ3v) is 3.47. The Labute approximate surface area is 99.5 Å². The second-order valence-electron chi connectivity index (χ2n) is 4.51. The van der Waals surface area contributed by atoms with Crippen LogP contribution in [-0.2, 0) is 4.74 Å². The van der Waals surface area contributed by atoms with Crippen molar-refractivity contribution in [3.8, 4) is 5.88 Å². The molecule has 3 rings (SSSR count). The van der Waals surface area contributed by atoms with Gasteiger partial charge in [-0.05, 0) is 19.3 Å². The molecule has 6 nitrogen and oxygen atoms in total. The molecule has 2 aliphatic heterocycles. The number of hydrogen-bond donors (Lipinski definition) is 2. The van der Waals surface area contributed by atoms with E-state index in [0.29, 0.717) is 35.6 Å². The van der Waals surface area contributed by atoms with Crippen LogP contribution < -0.4 is 15.8 Å². The molecule has 0 radical (unpaired) electrons. The van der Waals surface area contributed by atoms with Crippen molar-refractivity contribution in [3.63, 3.8) is 0 Å². The number of nitrogens with two attached hydrogens (primary N) is 1. The first kappa shape index (κ1) is 10.6. The van der Waals surface area contributed by atoms with Crippen LogP contribution in [0.3, 0.4) is 0 Å². The molecule has 0 aromatic carbocycles. The second kappa shape index (κ2) is 4.03. The van der Waals surface area contributed by atoms with Gasteiger partial charge in [-0.3, -0.25) is 0 Å². The van der Waals surface area contributed by atoms with Gasteiger partial charge in [-0.1, -0.05) is 0 Å². The zero-order chi connectivity index (χ0) is 11.8. The molecule has 0 amide bonds. The van der Waals surface area contributed by atoms with E-state index in [9.17, 15) is 0 Å². The van der Waals surface area contributed by atoms with Crippen LogP contribution in [0.4, 0.5) is 11.5 Å². The number of nitrogens with zero attached hydrogens (tertiary/aromatic N) is 2. The Hall–Kier alpha value is -1.56. The van der Waals surface area contributed by atoms with Crippen molar-refractivity contribution in [1.29, 1.82) is 0 Å². The topological polar surface area (TPSA) is 82.3 Å². The Morgan fingerprint density at radius 1 is 1.47 bits per heavy atom. The maximum atomic E-state index is 5.92. The number of aromatic nitrogens is 2. The van der Waals surface area contributed by atoms with Crippen LogP contribution in [-0.4, -0.2) is 35.3 Å². The molecule has 1 aromatic rings. The third kappa shape index (κ3) is 1.78. The van der Waals surface area contributed by atoms with Crippen molar-refractivity contribution in [2.75, 3.05) is 18.2 Å². The smallest absolute Gasteiger partial charge is 0.242 e. The third-order valence-electron chi connectivity index (χ3n) is 3.47. The molecule has 0 spiro atoms. The van der Waals surface area contributed by atoms with Crippen molar-refractivity contribution in [1.82, 2.24) is 9.97 Å². The summed E-state index contributed by atoms with van der Waals surface area (Å²) in [5.41, 5.74) is 6.37. The maximum absolute atomic E-state index is 5.92. The van der Waals surface area contributed by atoms with Gasteiger partial charge in [-0.15, -0.1) is 0 Å². The summed E-state index contributed by atoms with van der Waals surface area (Å²) in [5, 5.41) is 3.33. The minimum Gasteiger partial charge on any atom is -0.479 e. The van der Waals surface area contributed by atoms with E-state index in [-0.39, 0.29) is 0 Å². The van der Waals surface area contributed by atoms with Gasteiger partial charge in [0, 0.05) is 0 Å². The lowest BCUT2D eigenvalue weighted by Gasteiger charge is -2.21. The van der Waals surface area contributed by atoms with Crippen molar-refractivity contribution in [2.24, 2.45) is 0 Å². The van der Waals surface area contributed by atoms with Crippen molar-refractivity contribution >= 4 is 11.5 Å². The monoisotopic (exact) mass is 236 g/mol. The molecule has 2 saturated heterocycles. The summed E-state index contributed by atoms with van der Waals surface area (Å²) in [6, 6.07) is 0.302. The first-order chi connectivity index (χ1) is 8.28. The molecule has 2 aliphatic rings. The van der Waals surface area contributed by atoms with Gasteiger partial charge in [-0.25, -0.2) is 4.98 Å². The number of nitrogen functional groups attached to an aromatic ring is 1.